The third kappa shape index (κ3) is 4.99. The second-order valence-electron chi connectivity index (χ2n) is 6.21. The molecular weight excluding hydrogens is 357 g/mol. The molecule has 2 heterocycles. The second-order valence-corrected chi connectivity index (χ2v) is 6.21. The van der Waals surface area contributed by atoms with E-state index in [0.29, 0.717) is 19.6 Å². The molecule has 0 radical (unpaired) electrons. The number of nitrogens with one attached hydrogen (secondary N) is 2. The van der Waals surface area contributed by atoms with Crippen LogP contribution in [0.2, 0.25) is 0 Å². The highest BCUT2D eigenvalue weighted by molar-refractivity contribution is 5.79. The van der Waals surface area contributed by atoms with Crippen LogP contribution < -0.4 is 10.6 Å². The zero-order chi connectivity index (χ0) is 19.3. The maximum Gasteiger partial charge on any atom is 0.419 e. The summed E-state index contributed by atoms with van der Waals surface area (Å²) in [6.07, 6.45) is -1.81. The molecule has 8 heteroatoms. The molecule has 1 atom stereocenters. The molecule has 2 aromatic heterocycles. The maximum atomic E-state index is 12.9. The van der Waals surface area contributed by atoms with Crippen molar-refractivity contribution in [3.05, 3.63) is 60.4 Å². The van der Waals surface area contributed by atoms with E-state index < -0.39 is 17.8 Å². The van der Waals surface area contributed by atoms with Crippen LogP contribution in [0.15, 0.2) is 54.9 Å². The van der Waals surface area contributed by atoms with E-state index in [1.54, 1.807) is 0 Å². The van der Waals surface area contributed by atoms with E-state index in [1.807, 2.05) is 41.1 Å². The summed E-state index contributed by atoms with van der Waals surface area (Å²) in [7, 11) is 0. The number of pyridine rings is 1. The van der Waals surface area contributed by atoms with E-state index in [0.717, 1.165) is 17.0 Å². The van der Waals surface area contributed by atoms with E-state index in [9.17, 15) is 18.3 Å². The lowest BCUT2D eigenvalue weighted by molar-refractivity contribution is -0.137. The van der Waals surface area contributed by atoms with Crippen molar-refractivity contribution < 1.29 is 18.3 Å². The van der Waals surface area contributed by atoms with E-state index in [4.69, 9.17) is 0 Å². The van der Waals surface area contributed by atoms with Gasteiger partial charge in [-0.25, -0.2) is 4.98 Å². The number of hydrogen-bond donors (Lipinski definition) is 3. The highest BCUT2D eigenvalue weighted by Crippen LogP contribution is 2.33. The van der Waals surface area contributed by atoms with Gasteiger partial charge in [-0.2, -0.15) is 13.2 Å². The van der Waals surface area contributed by atoms with E-state index in [1.165, 1.54) is 12.3 Å². The third-order valence-electron chi connectivity index (χ3n) is 4.17. The third-order valence-corrected chi connectivity index (χ3v) is 4.17. The minimum absolute atomic E-state index is 0.189. The number of aliphatic hydroxyl groups excluding tert-OH is 1. The zero-order valence-corrected chi connectivity index (χ0v) is 14.6. The summed E-state index contributed by atoms with van der Waals surface area (Å²) < 4.78 is 40.6. The molecule has 0 spiro atoms. The monoisotopic (exact) mass is 378 g/mol. The van der Waals surface area contributed by atoms with Gasteiger partial charge in [0.1, 0.15) is 5.82 Å². The predicted molar refractivity (Wildman–Crippen MR) is 98.5 cm³/mol. The Kier molecular flexibility index (Phi) is 5.98. The Morgan fingerprint density at radius 3 is 2.70 bits per heavy atom. The van der Waals surface area contributed by atoms with E-state index >= 15 is 0 Å². The van der Waals surface area contributed by atoms with Gasteiger partial charge in [0.2, 0.25) is 0 Å². The van der Waals surface area contributed by atoms with Crippen molar-refractivity contribution in [2.75, 3.05) is 25.0 Å². The molecule has 0 saturated heterocycles. The van der Waals surface area contributed by atoms with Crippen molar-refractivity contribution >= 4 is 16.7 Å². The lowest BCUT2D eigenvalue weighted by Crippen LogP contribution is -2.33. The summed E-state index contributed by atoms with van der Waals surface area (Å²) in [5, 5.41) is 17.0. The second kappa shape index (κ2) is 8.41. The van der Waals surface area contributed by atoms with Gasteiger partial charge in [0, 0.05) is 44.1 Å². The van der Waals surface area contributed by atoms with Crippen LogP contribution in [0, 0.1) is 0 Å². The summed E-state index contributed by atoms with van der Waals surface area (Å²) in [6.45, 7) is 1.44. The van der Waals surface area contributed by atoms with Gasteiger partial charge in [-0.3, -0.25) is 0 Å². The Balaban J connectivity index is 1.43. The van der Waals surface area contributed by atoms with Crippen molar-refractivity contribution in [3.63, 3.8) is 0 Å². The zero-order valence-electron chi connectivity index (χ0n) is 14.6. The SMILES string of the molecule is O[C@H](CNCCNc1ncccc1C(F)(F)F)Cn1ccc2ccccc21. The van der Waals surface area contributed by atoms with Crippen molar-refractivity contribution in [1.29, 1.82) is 0 Å². The summed E-state index contributed by atoms with van der Waals surface area (Å²) >= 11 is 0. The van der Waals surface area contributed by atoms with Crippen LogP contribution in [-0.4, -0.2) is 40.4 Å². The minimum atomic E-state index is -4.44. The fraction of sp³-hybridized carbons (Fsp3) is 0.316. The first-order chi connectivity index (χ1) is 12.9. The molecule has 27 heavy (non-hydrogen) atoms. The van der Waals surface area contributed by atoms with Crippen molar-refractivity contribution in [3.8, 4) is 0 Å². The Bertz CT molecular complexity index is 879. The predicted octanol–water partition coefficient (Wildman–Crippen LogP) is 3.12. The molecule has 0 unspecified atom stereocenters. The van der Waals surface area contributed by atoms with Crippen molar-refractivity contribution in [1.82, 2.24) is 14.9 Å². The number of aliphatic hydroxyl groups is 1. The van der Waals surface area contributed by atoms with Crippen LogP contribution in [0.25, 0.3) is 10.9 Å². The molecule has 0 aliphatic rings. The van der Waals surface area contributed by atoms with Crippen LogP contribution in [0.1, 0.15) is 5.56 Å². The smallest absolute Gasteiger partial charge is 0.390 e. The Labute approximate surface area is 154 Å². The van der Waals surface area contributed by atoms with Crippen LogP contribution in [0.3, 0.4) is 0 Å². The number of halogens is 3. The molecule has 0 aliphatic heterocycles. The first-order valence-corrected chi connectivity index (χ1v) is 8.64. The number of rotatable bonds is 8. The maximum absolute atomic E-state index is 12.9. The van der Waals surface area contributed by atoms with Gasteiger partial charge in [-0.15, -0.1) is 0 Å². The Morgan fingerprint density at radius 2 is 1.89 bits per heavy atom. The molecule has 144 valence electrons. The van der Waals surface area contributed by atoms with Gasteiger partial charge in [0.05, 0.1) is 11.7 Å². The lowest BCUT2D eigenvalue weighted by atomic mass is 10.2. The van der Waals surface area contributed by atoms with Gasteiger partial charge in [-0.1, -0.05) is 18.2 Å². The molecule has 0 saturated carbocycles. The van der Waals surface area contributed by atoms with Gasteiger partial charge >= 0.3 is 6.18 Å². The van der Waals surface area contributed by atoms with Crippen LogP contribution in [0.5, 0.6) is 0 Å². The molecular formula is C19H21F3N4O. The van der Waals surface area contributed by atoms with Gasteiger partial charge in [-0.05, 0) is 29.7 Å². The first kappa shape index (κ1) is 19.2. The normalized spacial score (nSPS) is 13.0. The summed E-state index contributed by atoms with van der Waals surface area (Å²) in [5.41, 5.74) is 0.262. The molecule has 0 amide bonds. The Morgan fingerprint density at radius 1 is 1.07 bits per heavy atom. The lowest BCUT2D eigenvalue weighted by Gasteiger charge is -2.15. The number of alkyl halides is 3. The number of fused-ring (bicyclic) bond motifs is 1. The topological polar surface area (TPSA) is 62.1 Å². The molecule has 3 rings (SSSR count). The summed E-state index contributed by atoms with van der Waals surface area (Å²) in [6, 6.07) is 12.1. The molecule has 3 N–H and O–H groups in total. The largest absolute Gasteiger partial charge is 0.419 e. The average Bonchev–Trinajstić information content (AvgIpc) is 3.04. The highest BCUT2D eigenvalue weighted by Gasteiger charge is 2.33. The van der Waals surface area contributed by atoms with Crippen molar-refractivity contribution in [2.24, 2.45) is 0 Å². The van der Waals surface area contributed by atoms with Gasteiger partial charge in [0.25, 0.3) is 0 Å². The molecule has 5 nitrogen and oxygen atoms in total. The summed E-state index contributed by atoms with van der Waals surface area (Å²) in [5.74, 6) is -0.189. The first-order valence-electron chi connectivity index (χ1n) is 8.64. The minimum Gasteiger partial charge on any atom is -0.390 e. The van der Waals surface area contributed by atoms with Crippen molar-refractivity contribution in [2.45, 2.75) is 18.8 Å². The molecule has 0 aliphatic carbocycles. The fourth-order valence-corrected chi connectivity index (χ4v) is 2.90. The van der Waals surface area contributed by atoms with E-state index in [2.05, 4.69) is 15.6 Å². The Hall–Kier alpha value is -2.58. The number of aromatic nitrogens is 2. The molecule has 0 bridgehead atoms. The number of hydrogen-bond acceptors (Lipinski definition) is 4. The van der Waals surface area contributed by atoms with Crippen LogP contribution >= 0.6 is 0 Å². The van der Waals surface area contributed by atoms with Gasteiger partial charge < -0.3 is 20.3 Å². The average molecular weight is 378 g/mol. The quantitative estimate of drug-likeness (QED) is 0.527. The molecule has 3 aromatic rings. The summed E-state index contributed by atoms with van der Waals surface area (Å²) in [4.78, 5) is 3.75. The van der Waals surface area contributed by atoms with Crippen LogP contribution in [0.4, 0.5) is 19.0 Å². The number of para-hydroxylation sites is 1. The number of nitrogens with zero attached hydrogens (tertiary/aromatic N) is 2. The van der Waals surface area contributed by atoms with Crippen LogP contribution in [-0.2, 0) is 12.7 Å². The highest BCUT2D eigenvalue weighted by atomic mass is 19.4. The molecule has 0 fully saturated rings. The standard InChI is InChI=1S/C19H21F3N4O/c20-19(21,22)16-5-3-8-24-18(16)25-10-9-23-12-15(27)13-26-11-7-14-4-1-2-6-17(14)26/h1-8,11,15,23,27H,9-10,12-13H2,(H,24,25)/t15-/m1/s1. The fourth-order valence-electron chi connectivity index (χ4n) is 2.90. The number of anilines is 1. The molecule has 1 aromatic carbocycles. The number of benzene rings is 1. The van der Waals surface area contributed by atoms with Gasteiger partial charge in [0.15, 0.2) is 0 Å². The van der Waals surface area contributed by atoms with E-state index in [-0.39, 0.29) is 12.4 Å².